The molecular weight excluding hydrogens is 291 g/mol. The molecule has 0 spiro atoms. The van der Waals surface area contributed by atoms with Crippen molar-refractivity contribution in [3.63, 3.8) is 0 Å². The van der Waals surface area contributed by atoms with E-state index < -0.39 is 39.7 Å². The van der Waals surface area contributed by atoms with Crippen molar-refractivity contribution in [2.45, 2.75) is 12.2 Å². The lowest BCUT2D eigenvalue weighted by Gasteiger charge is -2.03. The summed E-state index contributed by atoms with van der Waals surface area (Å²) in [5, 5.41) is 0.213. The van der Waals surface area contributed by atoms with Crippen molar-refractivity contribution < 1.29 is 21.6 Å². The molecule has 0 bridgehead atoms. The molecule has 0 aliphatic heterocycles. The molecular formula is C10H9ClF3NO2S. The lowest BCUT2D eigenvalue weighted by molar-refractivity contribution is 0.373. The molecule has 0 aliphatic rings. The van der Waals surface area contributed by atoms with E-state index in [4.69, 9.17) is 11.6 Å². The van der Waals surface area contributed by atoms with Crippen LogP contribution in [-0.2, 0) is 15.6 Å². The Balaban J connectivity index is 2.66. The van der Waals surface area contributed by atoms with Crippen LogP contribution in [0.2, 0.25) is 5.15 Å². The molecule has 8 heteroatoms. The number of rotatable bonds is 5. The summed E-state index contributed by atoms with van der Waals surface area (Å²) in [6.45, 7) is 0. The summed E-state index contributed by atoms with van der Waals surface area (Å²) in [4.78, 5) is 3.68. The third kappa shape index (κ3) is 5.05. The van der Waals surface area contributed by atoms with Gasteiger partial charge in [0.25, 0.3) is 0 Å². The van der Waals surface area contributed by atoms with Gasteiger partial charge in [0.2, 0.25) is 0 Å². The maximum absolute atomic E-state index is 12.5. The number of hydrogen-bond donors (Lipinski definition) is 0. The predicted molar refractivity (Wildman–Crippen MR) is 61.7 cm³/mol. The highest BCUT2D eigenvalue weighted by Crippen LogP contribution is 2.16. The van der Waals surface area contributed by atoms with Crippen LogP contribution in [0, 0.1) is 0 Å². The van der Waals surface area contributed by atoms with E-state index >= 15 is 0 Å². The second-order valence-electron chi connectivity index (χ2n) is 3.50. The van der Waals surface area contributed by atoms with E-state index in [-0.39, 0.29) is 5.15 Å². The van der Waals surface area contributed by atoms with Crippen LogP contribution in [-0.4, -0.2) is 19.2 Å². The fourth-order valence-electron chi connectivity index (χ4n) is 1.16. The Kier molecular flexibility index (Phi) is 5.15. The molecule has 3 nitrogen and oxygen atoms in total. The topological polar surface area (TPSA) is 47.0 Å². The molecule has 1 heterocycles. The van der Waals surface area contributed by atoms with Gasteiger partial charge in [-0.2, -0.15) is 8.78 Å². The van der Waals surface area contributed by atoms with Crippen molar-refractivity contribution in [1.29, 1.82) is 0 Å². The van der Waals surface area contributed by atoms with Gasteiger partial charge in [0.05, 0.1) is 11.5 Å². The molecule has 0 fully saturated rings. The smallest absolute Gasteiger partial charge is 0.244 e. The summed E-state index contributed by atoms with van der Waals surface area (Å²) >= 11 is 5.52. The van der Waals surface area contributed by atoms with Gasteiger partial charge in [-0.1, -0.05) is 17.7 Å². The van der Waals surface area contributed by atoms with Crippen LogP contribution in [0.4, 0.5) is 13.2 Å². The normalized spacial score (nSPS) is 11.3. The maximum atomic E-state index is 12.5. The van der Waals surface area contributed by atoms with Crippen LogP contribution in [0.5, 0.6) is 0 Å². The van der Waals surface area contributed by atoms with E-state index in [9.17, 15) is 21.6 Å². The van der Waals surface area contributed by atoms with E-state index in [2.05, 4.69) is 4.98 Å². The minimum absolute atomic E-state index is 0.213. The molecule has 1 aromatic rings. The maximum Gasteiger partial charge on any atom is 0.301 e. The van der Waals surface area contributed by atoms with Crippen molar-refractivity contribution >= 4 is 21.4 Å². The summed E-state index contributed by atoms with van der Waals surface area (Å²) in [5.41, 5.74) is 0.365. The van der Waals surface area contributed by atoms with Crippen molar-refractivity contribution in [2.75, 3.05) is 5.75 Å². The van der Waals surface area contributed by atoms with E-state index in [1.54, 1.807) is 0 Å². The number of pyridine rings is 1. The van der Waals surface area contributed by atoms with Crippen molar-refractivity contribution in [3.05, 3.63) is 41.0 Å². The second kappa shape index (κ2) is 6.19. The van der Waals surface area contributed by atoms with Gasteiger partial charge in [-0.3, -0.25) is 0 Å². The number of nitrogens with zero attached hydrogens (tertiary/aromatic N) is 1. The third-order valence-corrected chi connectivity index (χ3v) is 3.84. The lowest BCUT2D eigenvalue weighted by Crippen LogP contribution is -2.10. The van der Waals surface area contributed by atoms with Gasteiger partial charge < -0.3 is 0 Å². The van der Waals surface area contributed by atoms with Crippen molar-refractivity contribution in [2.24, 2.45) is 0 Å². The first kappa shape index (κ1) is 15.0. The van der Waals surface area contributed by atoms with Gasteiger partial charge in [0.15, 0.2) is 15.7 Å². The average Bonchev–Trinajstić information content (AvgIpc) is 2.29. The molecule has 0 aliphatic carbocycles. The minimum atomic E-state index is -3.67. The van der Waals surface area contributed by atoms with Crippen LogP contribution in [0.15, 0.2) is 30.2 Å². The number of sulfone groups is 1. The highest BCUT2D eigenvalue weighted by molar-refractivity contribution is 7.90. The van der Waals surface area contributed by atoms with E-state index in [1.165, 1.54) is 18.3 Å². The fraction of sp³-hybridized carbons (Fsp3) is 0.300. The first-order chi connectivity index (χ1) is 8.30. The zero-order valence-corrected chi connectivity index (χ0v) is 10.6. The first-order valence-corrected chi connectivity index (χ1v) is 7.00. The summed E-state index contributed by atoms with van der Waals surface area (Å²) in [7, 11) is -3.67. The SMILES string of the molecule is O=S(=O)(CCC(F)=C(F)F)Cc1ccc(Cl)nc1. The average molecular weight is 300 g/mol. The summed E-state index contributed by atoms with van der Waals surface area (Å²) < 4.78 is 59.0. The molecule has 0 radical (unpaired) electrons. The predicted octanol–water partition coefficient (Wildman–Crippen LogP) is 3.12. The molecule has 0 N–H and O–H groups in total. The van der Waals surface area contributed by atoms with E-state index in [0.29, 0.717) is 5.56 Å². The van der Waals surface area contributed by atoms with Gasteiger partial charge in [-0.15, -0.1) is 0 Å². The molecule has 1 aromatic heterocycles. The van der Waals surface area contributed by atoms with Gasteiger partial charge >= 0.3 is 6.08 Å². The molecule has 0 saturated carbocycles. The zero-order chi connectivity index (χ0) is 13.8. The van der Waals surface area contributed by atoms with Crippen LogP contribution < -0.4 is 0 Å². The van der Waals surface area contributed by atoms with Crippen LogP contribution in [0.3, 0.4) is 0 Å². The van der Waals surface area contributed by atoms with Crippen LogP contribution in [0.1, 0.15) is 12.0 Å². The Labute approximate surface area is 107 Å². The molecule has 0 amide bonds. The summed E-state index contributed by atoms with van der Waals surface area (Å²) in [6.07, 6.45) is -2.05. The fourth-order valence-corrected chi connectivity index (χ4v) is 2.58. The van der Waals surface area contributed by atoms with Crippen molar-refractivity contribution in [1.82, 2.24) is 4.98 Å². The van der Waals surface area contributed by atoms with Gasteiger partial charge in [-0.05, 0) is 11.6 Å². The Bertz CT molecular complexity index is 539. The quantitative estimate of drug-likeness (QED) is 0.785. The van der Waals surface area contributed by atoms with E-state index in [0.717, 1.165) is 0 Å². The molecule has 0 saturated heterocycles. The molecule has 1 rings (SSSR count). The standard InChI is InChI=1S/C10H9ClF3NO2S/c11-9-2-1-7(5-15-9)6-18(16,17)4-3-8(12)10(13)14/h1-2,5H,3-4,6H2. The number of halogens is 4. The second-order valence-corrected chi connectivity index (χ2v) is 6.07. The minimum Gasteiger partial charge on any atom is -0.244 e. The summed E-state index contributed by atoms with van der Waals surface area (Å²) in [6, 6.07) is 2.86. The van der Waals surface area contributed by atoms with Crippen molar-refractivity contribution in [3.8, 4) is 0 Å². The lowest BCUT2D eigenvalue weighted by atomic mass is 10.3. The van der Waals surface area contributed by atoms with Crippen LogP contribution in [0.25, 0.3) is 0 Å². The van der Waals surface area contributed by atoms with Gasteiger partial charge in [0, 0.05) is 12.6 Å². The Hall–Kier alpha value is -1.08. The Morgan fingerprint density at radius 2 is 1.94 bits per heavy atom. The van der Waals surface area contributed by atoms with Crippen LogP contribution >= 0.6 is 11.6 Å². The highest BCUT2D eigenvalue weighted by Gasteiger charge is 2.15. The molecule has 0 atom stereocenters. The first-order valence-electron chi connectivity index (χ1n) is 4.80. The Morgan fingerprint density at radius 1 is 1.28 bits per heavy atom. The van der Waals surface area contributed by atoms with Gasteiger partial charge in [-0.25, -0.2) is 17.8 Å². The monoisotopic (exact) mass is 299 g/mol. The number of allylic oxidation sites excluding steroid dienone is 1. The zero-order valence-electron chi connectivity index (χ0n) is 9.04. The molecule has 0 aromatic carbocycles. The number of aromatic nitrogens is 1. The third-order valence-electron chi connectivity index (χ3n) is 2.01. The highest BCUT2D eigenvalue weighted by atomic mass is 35.5. The molecule has 18 heavy (non-hydrogen) atoms. The molecule has 100 valence electrons. The molecule has 0 unspecified atom stereocenters. The largest absolute Gasteiger partial charge is 0.301 e. The van der Waals surface area contributed by atoms with E-state index in [1.807, 2.05) is 0 Å². The summed E-state index contributed by atoms with van der Waals surface area (Å²) in [5.74, 6) is -2.77. The Morgan fingerprint density at radius 3 is 2.44 bits per heavy atom. The number of hydrogen-bond acceptors (Lipinski definition) is 3. The van der Waals surface area contributed by atoms with Gasteiger partial charge in [0.1, 0.15) is 5.15 Å².